The molecule has 0 fully saturated rings. The van der Waals surface area contributed by atoms with Gasteiger partial charge >= 0.3 is 0 Å². The van der Waals surface area contributed by atoms with Crippen molar-refractivity contribution in [2.75, 3.05) is 27.2 Å². The second-order valence-corrected chi connectivity index (χ2v) is 4.53. The molecule has 0 saturated carbocycles. The zero-order chi connectivity index (χ0) is 13.7. The molecule has 0 aliphatic rings. The van der Waals surface area contributed by atoms with Crippen LogP contribution < -0.4 is 10.5 Å². The van der Waals surface area contributed by atoms with E-state index in [2.05, 4.69) is 12.1 Å². The molecule has 4 nitrogen and oxygen atoms in total. The van der Waals surface area contributed by atoms with Crippen LogP contribution in [0.15, 0.2) is 12.1 Å². The van der Waals surface area contributed by atoms with E-state index in [1.165, 1.54) is 5.56 Å². The number of amides is 1. The molecule has 0 saturated heterocycles. The summed E-state index contributed by atoms with van der Waals surface area (Å²) in [5.74, 6) is 0.905. The van der Waals surface area contributed by atoms with Crippen LogP contribution in [-0.4, -0.2) is 38.1 Å². The Balaban J connectivity index is 2.72. The van der Waals surface area contributed by atoms with Gasteiger partial charge in [-0.3, -0.25) is 4.79 Å². The van der Waals surface area contributed by atoms with Gasteiger partial charge in [0.25, 0.3) is 0 Å². The predicted octanol–water partition coefficient (Wildman–Crippen LogP) is 1.27. The lowest BCUT2D eigenvalue weighted by Crippen LogP contribution is -2.34. The normalized spacial score (nSPS) is 10.3. The molecule has 2 N–H and O–H groups in total. The Bertz CT molecular complexity index is 407. The fraction of sp³-hybridized carbons (Fsp3) is 0.500. The van der Waals surface area contributed by atoms with E-state index >= 15 is 0 Å². The van der Waals surface area contributed by atoms with Gasteiger partial charge in [-0.15, -0.1) is 0 Å². The highest BCUT2D eigenvalue weighted by atomic mass is 16.5. The molecule has 0 heterocycles. The number of aryl methyl sites for hydroxylation is 2. The Hall–Kier alpha value is -1.55. The number of hydrogen-bond donors (Lipinski definition) is 1. The fourth-order valence-corrected chi connectivity index (χ4v) is 2.08. The van der Waals surface area contributed by atoms with Crippen LogP contribution in [0.2, 0.25) is 0 Å². The molecular formula is C14H22N2O2. The second-order valence-electron chi connectivity index (χ2n) is 4.53. The third-order valence-corrected chi connectivity index (χ3v) is 3.06. The quantitative estimate of drug-likeness (QED) is 0.856. The molecule has 0 spiro atoms. The van der Waals surface area contributed by atoms with Crippen molar-refractivity contribution < 1.29 is 9.53 Å². The van der Waals surface area contributed by atoms with E-state index in [-0.39, 0.29) is 12.5 Å². The molecule has 1 aromatic carbocycles. The molecule has 0 bridgehead atoms. The van der Waals surface area contributed by atoms with E-state index in [4.69, 9.17) is 10.5 Å². The summed E-state index contributed by atoms with van der Waals surface area (Å²) in [6.07, 6.45) is 0.827. The van der Waals surface area contributed by atoms with Crippen LogP contribution in [0.1, 0.15) is 16.7 Å². The van der Waals surface area contributed by atoms with Gasteiger partial charge < -0.3 is 15.4 Å². The molecule has 1 amide bonds. The minimum absolute atomic E-state index is 0.0306. The first kappa shape index (κ1) is 14.5. The molecule has 18 heavy (non-hydrogen) atoms. The number of hydrogen-bond acceptors (Lipinski definition) is 3. The van der Waals surface area contributed by atoms with Crippen molar-refractivity contribution in [3.8, 4) is 5.75 Å². The Kier molecular flexibility index (Phi) is 5.16. The largest absolute Gasteiger partial charge is 0.496 e. The summed E-state index contributed by atoms with van der Waals surface area (Å²) in [5.41, 5.74) is 8.78. The van der Waals surface area contributed by atoms with Gasteiger partial charge in [0.2, 0.25) is 5.91 Å². The first-order valence-electron chi connectivity index (χ1n) is 6.07. The van der Waals surface area contributed by atoms with Crippen molar-refractivity contribution in [3.05, 3.63) is 28.8 Å². The number of likely N-dealkylation sites (N-methyl/N-ethyl adjacent to an activating group) is 1. The standard InChI is InChI=1S/C14H22N2O2/c1-10-7-12(8-11(2)14(10)18-4)5-6-16(3)13(17)9-15/h7-8H,5-6,9,15H2,1-4H3. The number of nitrogens with zero attached hydrogens (tertiary/aromatic N) is 1. The monoisotopic (exact) mass is 250 g/mol. The number of carbonyl (C=O) groups excluding carboxylic acids is 1. The molecule has 4 heteroatoms. The lowest BCUT2D eigenvalue weighted by Gasteiger charge is -2.17. The molecule has 0 atom stereocenters. The van der Waals surface area contributed by atoms with Crippen LogP contribution in [0.4, 0.5) is 0 Å². The Morgan fingerprint density at radius 3 is 2.33 bits per heavy atom. The van der Waals surface area contributed by atoms with Gasteiger partial charge in [-0.05, 0) is 37.0 Å². The maximum absolute atomic E-state index is 11.3. The van der Waals surface area contributed by atoms with Crippen LogP contribution in [0.3, 0.4) is 0 Å². The summed E-state index contributed by atoms with van der Waals surface area (Å²) >= 11 is 0. The molecule has 0 unspecified atom stereocenters. The molecule has 100 valence electrons. The number of carbonyl (C=O) groups is 1. The van der Waals surface area contributed by atoms with Gasteiger partial charge in [-0.25, -0.2) is 0 Å². The average molecular weight is 250 g/mol. The zero-order valence-corrected chi connectivity index (χ0v) is 11.6. The molecule has 0 aromatic heterocycles. The number of nitrogens with two attached hydrogens (primary N) is 1. The molecule has 0 aliphatic carbocycles. The maximum Gasteiger partial charge on any atom is 0.236 e. The van der Waals surface area contributed by atoms with Crippen LogP contribution in [0, 0.1) is 13.8 Å². The molecule has 1 aromatic rings. The van der Waals surface area contributed by atoms with E-state index in [0.717, 1.165) is 23.3 Å². The lowest BCUT2D eigenvalue weighted by atomic mass is 10.0. The third-order valence-electron chi connectivity index (χ3n) is 3.06. The minimum Gasteiger partial charge on any atom is -0.496 e. The van der Waals surface area contributed by atoms with Gasteiger partial charge in [0.1, 0.15) is 5.75 Å². The lowest BCUT2D eigenvalue weighted by molar-refractivity contribution is -0.128. The summed E-state index contributed by atoms with van der Waals surface area (Å²) in [4.78, 5) is 13.0. The highest BCUT2D eigenvalue weighted by Crippen LogP contribution is 2.24. The van der Waals surface area contributed by atoms with Crippen molar-refractivity contribution in [2.24, 2.45) is 5.73 Å². The highest BCUT2D eigenvalue weighted by Gasteiger charge is 2.08. The Morgan fingerprint density at radius 1 is 1.33 bits per heavy atom. The minimum atomic E-state index is -0.0306. The SMILES string of the molecule is COc1c(C)cc(CCN(C)C(=O)CN)cc1C. The van der Waals surface area contributed by atoms with Crippen molar-refractivity contribution in [1.82, 2.24) is 4.90 Å². The molecule has 0 radical (unpaired) electrons. The van der Waals surface area contributed by atoms with Crippen LogP contribution in [0.25, 0.3) is 0 Å². The Labute approximate surface area is 109 Å². The van der Waals surface area contributed by atoms with Crippen molar-refractivity contribution in [1.29, 1.82) is 0 Å². The first-order valence-corrected chi connectivity index (χ1v) is 6.07. The molecule has 1 rings (SSSR count). The van der Waals surface area contributed by atoms with Crippen molar-refractivity contribution >= 4 is 5.91 Å². The van der Waals surface area contributed by atoms with Gasteiger partial charge in [0.15, 0.2) is 0 Å². The third kappa shape index (κ3) is 3.47. The number of ether oxygens (including phenoxy) is 1. The second kappa shape index (κ2) is 6.40. The van der Waals surface area contributed by atoms with Gasteiger partial charge in [-0.1, -0.05) is 12.1 Å². The van der Waals surface area contributed by atoms with E-state index < -0.39 is 0 Å². The number of benzene rings is 1. The van der Waals surface area contributed by atoms with E-state index in [1.807, 2.05) is 13.8 Å². The molecular weight excluding hydrogens is 228 g/mol. The topological polar surface area (TPSA) is 55.6 Å². The van der Waals surface area contributed by atoms with E-state index in [1.54, 1.807) is 19.1 Å². The van der Waals surface area contributed by atoms with Crippen LogP contribution >= 0.6 is 0 Å². The average Bonchev–Trinajstić information content (AvgIpc) is 2.34. The van der Waals surface area contributed by atoms with E-state index in [9.17, 15) is 4.79 Å². The summed E-state index contributed by atoms with van der Waals surface area (Å²) < 4.78 is 5.33. The summed E-state index contributed by atoms with van der Waals surface area (Å²) in [5, 5.41) is 0. The van der Waals surface area contributed by atoms with Crippen LogP contribution in [0.5, 0.6) is 5.75 Å². The Morgan fingerprint density at radius 2 is 1.89 bits per heavy atom. The molecule has 0 aliphatic heterocycles. The van der Waals surface area contributed by atoms with E-state index in [0.29, 0.717) is 6.54 Å². The summed E-state index contributed by atoms with van der Waals surface area (Å²) in [6.45, 7) is 4.81. The van der Waals surface area contributed by atoms with Crippen molar-refractivity contribution in [2.45, 2.75) is 20.3 Å². The van der Waals surface area contributed by atoms with Crippen molar-refractivity contribution in [3.63, 3.8) is 0 Å². The smallest absolute Gasteiger partial charge is 0.236 e. The first-order chi connectivity index (χ1) is 8.49. The number of methoxy groups -OCH3 is 1. The van der Waals surface area contributed by atoms with Gasteiger partial charge in [0, 0.05) is 13.6 Å². The zero-order valence-electron chi connectivity index (χ0n) is 11.6. The van der Waals surface area contributed by atoms with Gasteiger partial charge in [-0.2, -0.15) is 0 Å². The van der Waals surface area contributed by atoms with Gasteiger partial charge in [0.05, 0.1) is 13.7 Å². The maximum atomic E-state index is 11.3. The highest BCUT2D eigenvalue weighted by molar-refractivity contribution is 5.77. The summed E-state index contributed by atoms with van der Waals surface area (Å²) in [7, 11) is 3.46. The number of rotatable bonds is 5. The fourth-order valence-electron chi connectivity index (χ4n) is 2.08. The predicted molar refractivity (Wildman–Crippen MR) is 72.9 cm³/mol. The summed E-state index contributed by atoms with van der Waals surface area (Å²) in [6, 6.07) is 4.21. The van der Waals surface area contributed by atoms with Crippen LogP contribution in [-0.2, 0) is 11.2 Å².